The molecule has 2 fully saturated rings. The third-order valence-corrected chi connectivity index (χ3v) is 3.31. The first-order chi connectivity index (χ1) is 7.97. The van der Waals surface area contributed by atoms with Crippen molar-refractivity contribution in [1.82, 2.24) is 20.4 Å². The van der Waals surface area contributed by atoms with Crippen LogP contribution in [0.4, 0.5) is 0 Å². The van der Waals surface area contributed by atoms with Gasteiger partial charge in [0.2, 0.25) is 0 Å². The Labute approximate surface area is 107 Å². The molecule has 2 aliphatic heterocycles. The van der Waals surface area contributed by atoms with Crippen LogP contribution in [-0.4, -0.2) is 74.7 Å². The predicted molar refractivity (Wildman–Crippen MR) is 74.5 cm³/mol. The normalized spacial score (nSPS) is 36.2. The van der Waals surface area contributed by atoms with E-state index in [2.05, 4.69) is 55.3 Å². The molecule has 17 heavy (non-hydrogen) atoms. The van der Waals surface area contributed by atoms with Crippen LogP contribution in [0.1, 0.15) is 20.8 Å². The van der Waals surface area contributed by atoms with Crippen LogP contribution in [0.25, 0.3) is 0 Å². The zero-order valence-corrected chi connectivity index (χ0v) is 12.2. The zero-order valence-electron chi connectivity index (χ0n) is 12.2. The standard InChI is InChI=1S/C7H16N2.C6H14N2/c1-6-4-9(3)5-7(2)8-6;1-6-5-8(2)4-3-7-6/h6-8H,4-5H2,1-3H3;6-7H,3-5H2,1-2H3. The lowest BCUT2D eigenvalue weighted by Crippen LogP contribution is -2.52. The van der Waals surface area contributed by atoms with Crippen LogP contribution in [0.15, 0.2) is 0 Å². The highest BCUT2D eigenvalue weighted by Crippen LogP contribution is 1.99. The van der Waals surface area contributed by atoms with Crippen LogP contribution in [0.2, 0.25) is 0 Å². The van der Waals surface area contributed by atoms with Gasteiger partial charge in [-0.2, -0.15) is 0 Å². The Morgan fingerprint density at radius 3 is 1.71 bits per heavy atom. The molecule has 2 rings (SSSR count). The summed E-state index contributed by atoms with van der Waals surface area (Å²) in [6.45, 7) is 12.6. The molecule has 0 aromatic heterocycles. The molecule has 2 aliphatic rings. The van der Waals surface area contributed by atoms with E-state index >= 15 is 0 Å². The fourth-order valence-electron chi connectivity index (χ4n) is 2.73. The Bertz CT molecular complexity index is 177. The van der Waals surface area contributed by atoms with Gasteiger partial charge in [0.25, 0.3) is 0 Å². The van der Waals surface area contributed by atoms with Gasteiger partial charge in [-0.3, -0.25) is 0 Å². The third-order valence-electron chi connectivity index (χ3n) is 3.31. The third kappa shape index (κ3) is 6.36. The molecule has 3 atom stereocenters. The molecule has 0 bridgehead atoms. The Morgan fingerprint density at radius 1 is 0.824 bits per heavy atom. The van der Waals surface area contributed by atoms with E-state index in [4.69, 9.17) is 0 Å². The summed E-state index contributed by atoms with van der Waals surface area (Å²) in [5.74, 6) is 0. The molecule has 0 spiro atoms. The van der Waals surface area contributed by atoms with E-state index in [1.165, 1.54) is 26.2 Å². The predicted octanol–water partition coefficient (Wildman–Crippen LogP) is 0.208. The van der Waals surface area contributed by atoms with Gasteiger partial charge >= 0.3 is 0 Å². The second kappa shape index (κ2) is 7.31. The first-order valence-corrected chi connectivity index (χ1v) is 6.84. The molecule has 2 N–H and O–H groups in total. The highest BCUT2D eigenvalue weighted by molar-refractivity contribution is 4.78. The van der Waals surface area contributed by atoms with E-state index in [9.17, 15) is 0 Å². The molecule has 4 nitrogen and oxygen atoms in total. The van der Waals surface area contributed by atoms with Crippen LogP contribution in [0, 0.1) is 0 Å². The highest BCUT2D eigenvalue weighted by atomic mass is 15.2. The van der Waals surface area contributed by atoms with Crippen molar-refractivity contribution in [1.29, 1.82) is 0 Å². The number of nitrogens with zero attached hydrogens (tertiary/aromatic N) is 2. The molecule has 3 unspecified atom stereocenters. The maximum absolute atomic E-state index is 3.47. The average Bonchev–Trinajstić information content (AvgIpc) is 2.15. The zero-order chi connectivity index (χ0) is 12.8. The minimum Gasteiger partial charge on any atom is -0.312 e. The molecule has 4 heteroatoms. The van der Waals surface area contributed by atoms with Crippen molar-refractivity contribution in [2.24, 2.45) is 0 Å². The van der Waals surface area contributed by atoms with Gasteiger partial charge in [0.15, 0.2) is 0 Å². The van der Waals surface area contributed by atoms with E-state index in [-0.39, 0.29) is 0 Å². The molecule has 0 radical (unpaired) electrons. The van der Waals surface area contributed by atoms with Crippen molar-refractivity contribution in [2.75, 3.05) is 46.8 Å². The molecule has 0 aromatic rings. The second-order valence-corrected chi connectivity index (χ2v) is 5.81. The fraction of sp³-hybridized carbons (Fsp3) is 1.00. The first-order valence-electron chi connectivity index (χ1n) is 6.84. The Kier molecular flexibility index (Phi) is 6.41. The topological polar surface area (TPSA) is 30.5 Å². The Morgan fingerprint density at radius 2 is 1.35 bits per heavy atom. The van der Waals surface area contributed by atoms with Crippen molar-refractivity contribution in [2.45, 2.75) is 38.9 Å². The highest BCUT2D eigenvalue weighted by Gasteiger charge is 2.16. The summed E-state index contributed by atoms with van der Waals surface area (Å²) in [6, 6.07) is 2.02. The number of rotatable bonds is 0. The maximum atomic E-state index is 3.47. The van der Waals surface area contributed by atoms with E-state index in [1.54, 1.807) is 0 Å². The van der Waals surface area contributed by atoms with Gasteiger partial charge in [-0.05, 0) is 34.9 Å². The minimum absolute atomic E-state index is 0.666. The molecule has 0 amide bonds. The summed E-state index contributed by atoms with van der Waals surface area (Å²) < 4.78 is 0. The number of piperazine rings is 2. The maximum Gasteiger partial charge on any atom is 0.0169 e. The summed E-state index contributed by atoms with van der Waals surface area (Å²) in [6.07, 6.45) is 0. The van der Waals surface area contributed by atoms with Crippen molar-refractivity contribution in [3.05, 3.63) is 0 Å². The van der Waals surface area contributed by atoms with E-state index in [0.717, 1.165) is 6.54 Å². The van der Waals surface area contributed by atoms with Gasteiger partial charge in [0, 0.05) is 50.8 Å². The van der Waals surface area contributed by atoms with Crippen LogP contribution >= 0.6 is 0 Å². The largest absolute Gasteiger partial charge is 0.312 e. The van der Waals surface area contributed by atoms with Crippen LogP contribution in [0.5, 0.6) is 0 Å². The van der Waals surface area contributed by atoms with E-state index < -0.39 is 0 Å². The quantitative estimate of drug-likeness (QED) is 0.636. The summed E-state index contributed by atoms with van der Waals surface area (Å²) in [4.78, 5) is 4.72. The van der Waals surface area contributed by atoms with E-state index in [1.807, 2.05) is 0 Å². The van der Waals surface area contributed by atoms with Crippen molar-refractivity contribution >= 4 is 0 Å². The molecular formula is C13H30N4. The lowest BCUT2D eigenvalue weighted by molar-refractivity contribution is 0.208. The lowest BCUT2D eigenvalue weighted by Gasteiger charge is -2.33. The van der Waals surface area contributed by atoms with Crippen molar-refractivity contribution < 1.29 is 0 Å². The van der Waals surface area contributed by atoms with Crippen molar-refractivity contribution in [3.63, 3.8) is 0 Å². The van der Waals surface area contributed by atoms with Crippen molar-refractivity contribution in [3.8, 4) is 0 Å². The molecule has 102 valence electrons. The number of hydrogen-bond acceptors (Lipinski definition) is 4. The second-order valence-electron chi connectivity index (χ2n) is 5.81. The molecule has 2 heterocycles. The SMILES string of the molecule is CC1CN(C)CC(C)N1.CC1CN(C)CCN1. The minimum atomic E-state index is 0.666. The monoisotopic (exact) mass is 242 g/mol. The van der Waals surface area contributed by atoms with Gasteiger partial charge in [0.1, 0.15) is 0 Å². The molecular weight excluding hydrogens is 212 g/mol. The van der Waals surface area contributed by atoms with Gasteiger partial charge in [-0.15, -0.1) is 0 Å². The summed E-state index contributed by atoms with van der Waals surface area (Å²) >= 11 is 0. The smallest absolute Gasteiger partial charge is 0.0169 e. The van der Waals surface area contributed by atoms with Gasteiger partial charge in [0.05, 0.1) is 0 Å². The Hall–Kier alpha value is -0.160. The van der Waals surface area contributed by atoms with Gasteiger partial charge in [-0.1, -0.05) is 0 Å². The molecule has 0 aromatic carbocycles. The summed E-state index contributed by atoms with van der Waals surface area (Å²) in [5.41, 5.74) is 0. The van der Waals surface area contributed by atoms with Crippen LogP contribution in [0.3, 0.4) is 0 Å². The summed E-state index contributed by atoms with van der Waals surface area (Å²) in [7, 11) is 4.34. The number of hydrogen-bond donors (Lipinski definition) is 2. The molecule has 2 saturated heterocycles. The van der Waals surface area contributed by atoms with Crippen LogP contribution in [-0.2, 0) is 0 Å². The van der Waals surface area contributed by atoms with Gasteiger partial charge in [-0.25, -0.2) is 0 Å². The average molecular weight is 242 g/mol. The fourth-order valence-corrected chi connectivity index (χ4v) is 2.73. The van der Waals surface area contributed by atoms with E-state index in [0.29, 0.717) is 18.1 Å². The lowest BCUT2D eigenvalue weighted by atomic mass is 10.2. The molecule has 0 saturated carbocycles. The number of nitrogens with one attached hydrogen (secondary N) is 2. The van der Waals surface area contributed by atoms with Gasteiger partial charge < -0.3 is 20.4 Å². The first kappa shape index (κ1) is 14.9. The molecule has 0 aliphatic carbocycles. The van der Waals surface area contributed by atoms with Crippen LogP contribution < -0.4 is 10.6 Å². The number of likely N-dealkylation sites (N-methyl/N-ethyl adjacent to an activating group) is 2. The Balaban J connectivity index is 0.000000171. The summed E-state index contributed by atoms with van der Waals surface area (Å²) in [5, 5.41) is 6.84.